The van der Waals surface area contributed by atoms with Crippen LogP contribution in [0.3, 0.4) is 0 Å². The number of ether oxygens (including phenoxy) is 1. The van der Waals surface area contributed by atoms with E-state index in [-0.39, 0.29) is 5.76 Å². The monoisotopic (exact) mass is 264 g/mol. The van der Waals surface area contributed by atoms with Gasteiger partial charge in [-0.3, -0.25) is 0 Å². The maximum atomic E-state index is 11.4. The number of methoxy groups -OCH3 is 1. The number of carbonyl (C=O) groups is 1. The first-order valence-electron chi connectivity index (χ1n) is 5.19. The molecule has 0 bridgehead atoms. The molecule has 2 aromatic rings. The highest BCUT2D eigenvalue weighted by atomic mass is 32.2. The SMILES string of the molecule is COC(=O)c1occc1CSc1ccc(N)cn1. The van der Waals surface area contributed by atoms with Gasteiger partial charge < -0.3 is 14.9 Å². The molecule has 2 rings (SSSR count). The number of aromatic nitrogens is 1. The van der Waals surface area contributed by atoms with Crippen LogP contribution in [0.5, 0.6) is 0 Å². The van der Waals surface area contributed by atoms with Gasteiger partial charge in [-0.05, 0) is 18.2 Å². The third-order valence-electron chi connectivity index (χ3n) is 2.25. The van der Waals surface area contributed by atoms with Gasteiger partial charge in [0.2, 0.25) is 5.76 Å². The predicted octanol–water partition coefficient (Wildman–Crippen LogP) is 2.34. The fourth-order valence-corrected chi connectivity index (χ4v) is 2.17. The molecule has 0 aliphatic rings. The van der Waals surface area contributed by atoms with Crippen LogP contribution in [0.2, 0.25) is 0 Å². The van der Waals surface area contributed by atoms with Gasteiger partial charge in [0, 0.05) is 11.3 Å². The number of rotatable bonds is 4. The molecule has 5 nitrogen and oxygen atoms in total. The fraction of sp³-hybridized carbons (Fsp3) is 0.167. The van der Waals surface area contributed by atoms with Gasteiger partial charge in [0.25, 0.3) is 0 Å². The number of pyridine rings is 1. The number of nitrogens with zero attached hydrogens (tertiary/aromatic N) is 1. The molecule has 18 heavy (non-hydrogen) atoms. The molecule has 0 spiro atoms. The van der Waals surface area contributed by atoms with Crippen LogP contribution < -0.4 is 5.73 Å². The lowest BCUT2D eigenvalue weighted by molar-refractivity contribution is 0.0564. The van der Waals surface area contributed by atoms with Crippen LogP contribution in [0.15, 0.2) is 40.1 Å². The van der Waals surface area contributed by atoms with Crippen molar-refractivity contribution in [3.05, 3.63) is 42.0 Å². The molecule has 0 fully saturated rings. The molecule has 2 heterocycles. The molecule has 0 radical (unpaired) electrons. The predicted molar refractivity (Wildman–Crippen MR) is 68.3 cm³/mol. The topological polar surface area (TPSA) is 78.3 Å². The van der Waals surface area contributed by atoms with Crippen molar-refractivity contribution in [2.45, 2.75) is 10.8 Å². The molecule has 0 saturated heterocycles. The zero-order valence-electron chi connectivity index (χ0n) is 9.75. The van der Waals surface area contributed by atoms with Crippen LogP contribution in [0.4, 0.5) is 5.69 Å². The molecular formula is C12H12N2O3S. The summed E-state index contributed by atoms with van der Waals surface area (Å²) in [4.78, 5) is 15.6. The fourth-order valence-electron chi connectivity index (χ4n) is 1.35. The Morgan fingerprint density at radius 3 is 3.00 bits per heavy atom. The second-order valence-electron chi connectivity index (χ2n) is 3.48. The molecular weight excluding hydrogens is 252 g/mol. The summed E-state index contributed by atoms with van der Waals surface area (Å²) in [6, 6.07) is 5.36. The first kappa shape index (κ1) is 12.5. The standard InChI is InChI=1S/C12H12N2O3S/c1-16-12(15)11-8(4-5-17-11)7-18-10-3-2-9(13)6-14-10/h2-6H,7,13H2,1H3. The number of thioether (sulfide) groups is 1. The summed E-state index contributed by atoms with van der Waals surface area (Å²) in [7, 11) is 1.32. The maximum absolute atomic E-state index is 11.4. The summed E-state index contributed by atoms with van der Waals surface area (Å²) < 4.78 is 9.73. The van der Waals surface area contributed by atoms with E-state index < -0.39 is 5.97 Å². The van der Waals surface area contributed by atoms with Gasteiger partial charge in [0.15, 0.2) is 0 Å². The Labute approximate surface area is 108 Å². The zero-order chi connectivity index (χ0) is 13.0. The van der Waals surface area contributed by atoms with Gasteiger partial charge in [0.05, 0.1) is 30.3 Å². The third kappa shape index (κ3) is 2.84. The number of anilines is 1. The molecule has 0 aliphatic carbocycles. The molecule has 0 saturated carbocycles. The van der Waals surface area contributed by atoms with Gasteiger partial charge in [-0.2, -0.15) is 0 Å². The van der Waals surface area contributed by atoms with Crippen molar-refractivity contribution in [3.8, 4) is 0 Å². The van der Waals surface area contributed by atoms with Gasteiger partial charge in [-0.15, -0.1) is 11.8 Å². The second-order valence-corrected chi connectivity index (χ2v) is 4.48. The summed E-state index contributed by atoms with van der Waals surface area (Å²) >= 11 is 1.49. The Kier molecular flexibility index (Phi) is 3.88. The number of hydrogen-bond acceptors (Lipinski definition) is 6. The molecule has 2 N–H and O–H groups in total. The van der Waals surface area contributed by atoms with E-state index in [0.717, 1.165) is 10.6 Å². The summed E-state index contributed by atoms with van der Waals surface area (Å²) in [6.07, 6.45) is 3.07. The minimum Gasteiger partial charge on any atom is -0.463 e. The van der Waals surface area contributed by atoms with Crippen molar-refractivity contribution in [2.24, 2.45) is 0 Å². The molecule has 0 aromatic carbocycles. The average Bonchev–Trinajstić information content (AvgIpc) is 2.85. The summed E-state index contributed by atoms with van der Waals surface area (Å²) in [5.41, 5.74) is 6.96. The third-order valence-corrected chi connectivity index (χ3v) is 3.24. The van der Waals surface area contributed by atoms with Crippen molar-refractivity contribution >= 4 is 23.4 Å². The van der Waals surface area contributed by atoms with Crippen molar-refractivity contribution in [1.82, 2.24) is 4.98 Å². The molecule has 0 unspecified atom stereocenters. The number of hydrogen-bond donors (Lipinski definition) is 1. The van der Waals surface area contributed by atoms with Gasteiger partial charge in [-0.1, -0.05) is 0 Å². The normalized spacial score (nSPS) is 10.3. The van der Waals surface area contributed by atoms with Crippen LogP contribution in [-0.4, -0.2) is 18.1 Å². The summed E-state index contributed by atoms with van der Waals surface area (Å²) in [5, 5.41) is 0.834. The Morgan fingerprint density at radius 2 is 2.33 bits per heavy atom. The van der Waals surface area contributed by atoms with Crippen LogP contribution in [0, 0.1) is 0 Å². The molecule has 0 atom stereocenters. The lowest BCUT2D eigenvalue weighted by Gasteiger charge is -2.01. The van der Waals surface area contributed by atoms with E-state index in [4.69, 9.17) is 10.2 Å². The van der Waals surface area contributed by atoms with Crippen molar-refractivity contribution < 1.29 is 13.9 Å². The van der Waals surface area contributed by atoms with Gasteiger partial charge >= 0.3 is 5.97 Å². The lowest BCUT2D eigenvalue weighted by Crippen LogP contribution is -2.02. The molecule has 94 valence electrons. The number of furan rings is 1. The Balaban J connectivity index is 2.04. The number of esters is 1. The van der Waals surface area contributed by atoms with E-state index in [1.54, 1.807) is 18.3 Å². The van der Waals surface area contributed by atoms with E-state index in [0.29, 0.717) is 11.4 Å². The average molecular weight is 264 g/mol. The van der Waals surface area contributed by atoms with E-state index in [9.17, 15) is 4.79 Å². The van der Waals surface area contributed by atoms with Gasteiger partial charge in [0.1, 0.15) is 0 Å². The Hall–Kier alpha value is -1.95. The highest BCUT2D eigenvalue weighted by Gasteiger charge is 2.15. The second kappa shape index (κ2) is 5.59. The van der Waals surface area contributed by atoms with E-state index in [2.05, 4.69) is 9.72 Å². The van der Waals surface area contributed by atoms with E-state index in [1.165, 1.54) is 25.1 Å². The van der Waals surface area contributed by atoms with Gasteiger partial charge in [-0.25, -0.2) is 9.78 Å². The summed E-state index contributed by atoms with van der Waals surface area (Å²) in [5.74, 6) is 0.346. The van der Waals surface area contributed by atoms with E-state index in [1.807, 2.05) is 6.07 Å². The molecule has 0 amide bonds. The van der Waals surface area contributed by atoms with Crippen LogP contribution in [0.1, 0.15) is 16.1 Å². The largest absolute Gasteiger partial charge is 0.463 e. The van der Waals surface area contributed by atoms with Crippen molar-refractivity contribution in [3.63, 3.8) is 0 Å². The molecule has 2 aromatic heterocycles. The minimum absolute atomic E-state index is 0.237. The summed E-state index contributed by atoms with van der Waals surface area (Å²) in [6.45, 7) is 0. The van der Waals surface area contributed by atoms with Crippen LogP contribution in [-0.2, 0) is 10.5 Å². The highest BCUT2D eigenvalue weighted by Crippen LogP contribution is 2.24. The van der Waals surface area contributed by atoms with Crippen molar-refractivity contribution in [2.75, 3.05) is 12.8 Å². The number of carbonyl (C=O) groups excluding carboxylic acids is 1. The van der Waals surface area contributed by atoms with Crippen LogP contribution >= 0.6 is 11.8 Å². The molecule has 0 aliphatic heterocycles. The minimum atomic E-state index is -0.471. The van der Waals surface area contributed by atoms with E-state index >= 15 is 0 Å². The zero-order valence-corrected chi connectivity index (χ0v) is 10.6. The molecule has 6 heteroatoms. The highest BCUT2D eigenvalue weighted by molar-refractivity contribution is 7.98. The Morgan fingerprint density at radius 1 is 1.50 bits per heavy atom. The Bertz CT molecular complexity index is 537. The number of nitrogens with two attached hydrogens (primary N) is 1. The quantitative estimate of drug-likeness (QED) is 0.674. The first-order chi connectivity index (χ1) is 8.70. The first-order valence-corrected chi connectivity index (χ1v) is 6.18. The maximum Gasteiger partial charge on any atom is 0.374 e. The van der Waals surface area contributed by atoms with Crippen molar-refractivity contribution in [1.29, 1.82) is 0 Å². The number of nitrogen functional groups attached to an aromatic ring is 1. The van der Waals surface area contributed by atoms with Crippen LogP contribution in [0.25, 0.3) is 0 Å². The smallest absolute Gasteiger partial charge is 0.374 e. The lowest BCUT2D eigenvalue weighted by atomic mass is 10.3.